The van der Waals surface area contributed by atoms with Crippen LogP contribution in [0.3, 0.4) is 0 Å². The van der Waals surface area contributed by atoms with Crippen LogP contribution in [0.15, 0.2) is 18.3 Å². The summed E-state index contributed by atoms with van der Waals surface area (Å²) in [5, 5.41) is 0. The van der Waals surface area contributed by atoms with Gasteiger partial charge in [0.15, 0.2) is 0 Å². The van der Waals surface area contributed by atoms with Crippen LogP contribution < -0.4 is 4.74 Å². The molecule has 0 fully saturated rings. The molecule has 16 heavy (non-hydrogen) atoms. The molecule has 1 aromatic heterocycles. The van der Waals surface area contributed by atoms with Crippen molar-refractivity contribution in [3.05, 3.63) is 23.9 Å². The second-order valence-electron chi connectivity index (χ2n) is 4.31. The van der Waals surface area contributed by atoms with Crippen LogP contribution >= 0.6 is 0 Å². The second kappa shape index (κ2) is 6.26. The molecule has 0 aliphatic rings. The summed E-state index contributed by atoms with van der Waals surface area (Å²) in [7, 11) is 1.60. The minimum Gasteiger partial charge on any atom is -0.481 e. The van der Waals surface area contributed by atoms with Crippen molar-refractivity contribution < 1.29 is 9.53 Å². The highest BCUT2D eigenvalue weighted by atomic mass is 16.5. The van der Waals surface area contributed by atoms with Crippen LogP contribution in [-0.4, -0.2) is 17.9 Å². The van der Waals surface area contributed by atoms with Crippen molar-refractivity contribution in [2.75, 3.05) is 7.11 Å². The highest BCUT2D eigenvalue weighted by Gasteiger charge is 2.08. The first-order chi connectivity index (χ1) is 7.63. The zero-order valence-electron chi connectivity index (χ0n) is 10.2. The number of ketones is 1. The molecular weight excluding hydrogens is 202 g/mol. The summed E-state index contributed by atoms with van der Waals surface area (Å²) in [5.74, 6) is 1.36. The van der Waals surface area contributed by atoms with Gasteiger partial charge in [-0.25, -0.2) is 4.98 Å². The van der Waals surface area contributed by atoms with Crippen LogP contribution in [-0.2, 0) is 11.2 Å². The van der Waals surface area contributed by atoms with Crippen molar-refractivity contribution >= 4 is 5.78 Å². The smallest absolute Gasteiger partial charge is 0.216 e. The van der Waals surface area contributed by atoms with Crippen LogP contribution in [0, 0.1) is 5.92 Å². The molecule has 0 amide bonds. The number of hydrogen-bond acceptors (Lipinski definition) is 3. The Hall–Kier alpha value is -1.38. The second-order valence-corrected chi connectivity index (χ2v) is 4.31. The normalized spacial score (nSPS) is 10.5. The molecule has 0 atom stereocenters. The molecule has 0 saturated carbocycles. The maximum atomic E-state index is 11.6. The van der Waals surface area contributed by atoms with E-state index in [0.717, 1.165) is 5.56 Å². The minimum absolute atomic E-state index is 0.306. The molecule has 3 nitrogen and oxygen atoms in total. The van der Waals surface area contributed by atoms with Gasteiger partial charge in [0.25, 0.3) is 0 Å². The summed E-state index contributed by atoms with van der Waals surface area (Å²) >= 11 is 0. The zero-order chi connectivity index (χ0) is 12.0. The van der Waals surface area contributed by atoms with E-state index in [1.807, 2.05) is 12.1 Å². The molecule has 0 saturated heterocycles. The number of rotatable bonds is 6. The van der Waals surface area contributed by atoms with E-state index in [9.17, 15) is 4.79 Å². The van der Waals surface area contributed by atoms with Crippen molar-refractivity contribution in [1.29, 1.82) is 0 Å². The zero-order valence-corrected chi connectivity index (χ0v) is 10.2. The van der Waals surface area contributed by atoms with Gasteiger partial charge in [0.2, 0.25) is 5.88 Å². The number of carbonyl (C=O) groups excluding carboxylic acids is 1. The monoisotopic (exact) mass is 221 g/mol. The van der Waals surface area contributed by atoms with E-state index in [-0.39, 0.29) is 0 Å². The van der Waals surface area contributed by atoms with E-state index in [2.05, 4.69) is 18.8 Å². The van der Waals surface area contributed by atoms with E-state index >= 15 is 0 Å². The average Bonchev–Trinajstić information content (AvgIpc) is 2.26. The Kier molecular flexibility index (Phi) is 4.96. The Labute approximate surface area is 96.8 Å². The number of nitrogens with zero attached hydrogens (tertiary/aromatic N) is 1. The molecule has 0 aromatic carbocycles. The number of aromatic nitrogens is 1. The summed E-state index contributed by atoms with van der Waals surface area (Å²) in [6, 6.07) is 3.82. The fraction of sp³-hybridized carbons (Fsp3) is 0.538. The Balaban J connectivity index is 2.51. The van der Waals surface area contributed by atoms with Crippen LogP contribution in [0.4, 0.5) is 0 Å². The third-order valence-electron chi connectivity index (χ3n) is 2.35. The molecule has 3 heteroatoms. The number of carbonyl (C=O) groups is 1. The molecular formula is C13H19NO2. The number of ether oxygens (including phenoxy) is 1. The van der Waals surface area contributed by atoms with E-state index < -0.39 is 0 Å². The molecule has 0 spiro atoms. The molecule has 88 valence electrons. The van der Waals surface area contributed by atoms with Crippen molar-refractivity contribution in [3.8, 4) is 5.88 Å². The summed E-state index contributed by atoms with van der Waals surface area (Å²) in [5.41, 5.74) is 1.00. The molecule has 0 aliphatic heterocycles. The predicted molar refractivity (Wildman–Crippen MR) is 63.6 cm³/mol. The first kappa shape index (κ1) is 12.7. The number of pyridine rings is 1. The fourth-order valence-electron chi connectivity index (χ4n) is 1.63. The van der Waals surface area contributed by atoms with E-state index in [1.54, 1.807) is 13.3 Å². The highest BCUT2D eigenvalue weighted by Crippen LogP contribution is 2.16. The first-order valence-corrected chi connectivity index (χ1v) is 5.63. The van der Waals surface area contributed by atoms with Gasteiger partial charge in [-0.15, -0.1) is 0 Å². The standard InChI is InChI=1S/C13H19NO2/c1-10(2)9-12(15)7-6-11-5-4-8-14-13(11)16-3/h4-5,8,10H,6-7,9H2,1-3H3. The predicted octanol–water partition coefficient (Wildman–Crippen LogP) is 2.64. The quantitative estimate of drug-likeness (QED) is 0.741. The van der Waals surface area contributed by atoms with Crippen LogP contribution in [0.25, 0.3) is 0 Å². The van der Waals surface area contributed by atoms with Gasteiger partial charge in [0.1, 0.15) is 5.78 Å². The fourth-order valence-corrected chi connectivity index (χ4v) is 1.63. The Bertz CT molecular complexity index is 348. The molecule has 0 bridgehead atoms. The third-order valence-corrected chi connectivity index (χ3v) is 2.35. The molecule has 0 unspecified atom stereocenters. The van der Waals surface area contributed by atoms with Crippen molar-refractivity contribution in [2.24, 2.45) is 5.92 Å². The topological polar surface area (TPSA) is 39.2 Å². The lowest BCUT2D eigenvalue weighted by Gasteiger charge is -2.07. The minimum atomic E-state index is 0.306. The maximum Gasteiger partial charge on any atom is 0.216 e. The van der Waals surface area contributed by atoms with Crippen LogP contribution in [0.5, 0.6) is 5.88 Å². The lowest BCUT2D eigenvalue weighted by Crippen LogP contribution is -2.05. The molecule has 0 aliphatic carbocycles. The number of hydrogen-bond donors (Lipinski definition) is 0. The van der Waals surface area contributed by atoms with Gasteiger partial charge in [-0.3, -0.25) is 4.79 Å². The number of Topliss-reactive ketones (excluding diaryl/α,β-unsaturated/α-hetero) is 1. The van der Waals surface area contributed by atoms with Gasteiger partial charge < -0.3 is 4.74 Å². The van der Waals surface area contributed by atoms with Gasteiger partial charge in [-0.05, 0) is 18.4 Å². The van der Waals surface area contributed by atoms with Gasteiger partial charge in [0.05, 0.1) is 7.11 Å². The summed E-state index contributed by atoms with van der Waals surface area (Å²) in [4.78, 5) is 15.7. The Morgan fingerprint density at radius 2 is 2.25 bits per heavy atom. The summed E-state index contributed by atoms with van der Waals surface area (Å²) < 4.78 is 5.14. The molecule has 1 aromatic rings. The molecule has 1 rings (SSSR count). The van der Waals surface area contributed by atoms with E-state index in [4.69, 9.17) is 4.74 Å². The average molecular weight is 221 g/mol. The van der Waals surface area contributed by atoms with Crippen molar-refractivity contribution in [2.45, 2.75) is 33.1 Å². The lowest BCUT2D eigenvalue weighted by molar-refractivity contribution is -0.119. The van der Waals surface area contributed by atoms with Gasteiger partial charge in [-0.2, -0.15) is 0 Å². The van der Waals surface area contributed by atoms with Gasteiger partial charge in [0, 0.05) is 24.6 Å². The lowest BCUT2D eigenvalue weighted by atomic mass is 10.0. The molecule has 0 radical (unpaired) electrons. The summed E-state index contributed by atoms with van der Waals surface area (Å²) in [6.07, 6.45) is 3.63. The maximum absolute atomic E-state index is 11.6. The summed E-state index contributed by atoms with van der Waals surface area (Å²) in [6.45, 7) is 4.12. The van der Waals surface area contributed by atoms with Crippen molar-refractivity contribution in [1.82, 2.24) is 4.98 Å². The van der Waals surface area contributed by atoms with Crippen LogP contribution in [0.1, 0.15) is 32.3 Å². The van der Waals surface area contributed by atoms with Crippen molar-refractivity contribution in [3.63, 3.8) is 0 Å². The molecule has 1 heterocycles. The highest BCUT2D eigenvalue weighted by molar-refractivity contribution is 5.78. The first-order valence-electron chi connectivity index (χ1n) is 5.63. The van der Waals surface area contributed by atoms with Gasteiger partial charge in [-0.1, -0.05) is 19.9 Å². The molecule has 0 N–H and O–H groups in total. The van der Waals surface area contributed by atoms with E-state index in [0.29, 0.717) is 36.8 Å². The largest absolute Gasteiger partial charge is 0.481 e. The van der Waals surface area contributed by atoms with E-state index in [1.165, 1.54) is 0 Å². The Morgan fingerprint density at radius 3 is 2.88 bits per heavy atom. The number of methoxy groups -OCH3 is 1. The Morgan fingerprint density at radius 1 is 1.50 bits per heavy atom. The van der Waals surface area contributed by atoms with Crippen LogP contribution in [0.2, 0.25) is 0 Å². The SMILES string of the molecule is COc1ncccc1CCC(=O)CC(C)C. The third kappa shape index (κ3) is 4.01. The van der Waals surface area contributed by atoms with Gasteiger partial charge >= 0.3 is 0 Å². The number of aryl methyl sites for hydroxylation is 1.